The van der Waals surface area contributed by atoms with Gasteiger partial charge in [0.2, 0.25) is 11.8 Å². The number of carbonyl (C=O) groups is 2. The van der Waals surface area contributed by atoms with Gasteiger partial charge in [0.05, 0.1) is 12.3 Å². The highest BCUT2D eigenvalue weighted by Gasteiger charge is 2.28. The molecule has 2 aromatic rings. The van der Waals surface area contributed by atoms with Gasteiger partial charge in [0.25, 0.3) is 0 Å². The highest BCUT2D eigenvalue weighted by atomic mass is 35.5. The Kier molecular flexibility index (Phi) is 6.13. The van der Waals surface area contributed by atoms with E-state index in [-0.39, 0.29) is 17.7 Å². The maximum Gasteiger partial charge on any atom is 0.229 e. The SMILES string of the molecule is CC(C(=O)N1CCN(C(=O)Cc2ccc(Cl)cc2)CC1)c1ccc2c(c1)OCCO2. The summed E-state index contributed by atoms with van der Waals surface area (Å²) in [6, 6.07) is 13.0. The number of nitrogens with zero attached hydrogens (tertiary/aromatic N) is 2. The van der Waals surface area contributed by atoms with E-state index in [0.717, 1.165) is 16.9 Å². The third-order valence-electron chi connectivity index (χ3n) is 5.65. The van der Waals surface area contributed by atoms with Crippen molar-refractivity contribution in [1.82, 2.24) is 9.80 Å². The van der Waals surface area contributed by atoms with Crippen molar-refractivity contribution in [2.45, 2.75) is 19.3 Å². The fourth-order valence-electron chi connectivity index (χ4n) is 3.81. The molecule has 0 bridgehead atoms. The molecule has 1 atom stereocenters. The Balaban J connectivity index is 1.32. The van der Waals surface area contributed by atoms with Gasteiger partial charge in [-0.2, -0.15) is 0 Å². The van der Waals surface area contributed by atoms with E-state index < -0.39 is 0 Å². The van der Waals surface area contributed by atoms with Gasteiger partial charge in [-0.05, 0) is 42.3 Å². The number of ether oxygens (including phenoxy) is 2. The van der Waals surface area contributed by atoms with Crippen LogP contribution < -0.4 is 9.47 Å². The van der Waals surface area contributed by atoms with Crippen LogP contribution in [0.4, 0.5) is 0 Å². The molecule has 158 valence electrons. The quantitative estimate of drug-likeness (QED) is 0.750. The van der Waals surface area contributed by atoms with E-state index in [9.17, 15) is 9.59 Å². The number of hydrogen-bond acceptors (Lipinski definition) is 4. The molecular formula is C23H25ClN2O4. The van der Waals surface area contributed by atoms with Crippen LogP contribution in [0.3, 0.4) is 0 Å². The molecule has 2 aromatic carbocycles. The monoisotopic (exact) mass is 428 g/mol. The van der Waals surface area contributed by atoms with Crippen LogP contribution in [0.15, 0.2) is 42.5 Å². The molecular weight excluding hydrogens is 404 g/mol. The molecule has 0 radical (unpaired) electrons. The Labute approximate surface area is 181 Å². The molecule has 6 nitrogen and oxygen atoms in total. The summed E-state index contributed by atoms with van der Waals surface area (Å²) in [5, 5.41) is 0.658. The van der Waals surface area contributed by atoms with Crippen molar-refractivity contribution in [3.05, 3.63) is 58.6 Å². The van der Waals surface area contributed by atoms with Gasteiger partial charge in [0.15, 0.2) is 11.5 Å². The zero-order chi connectivity index (χ0) is 21.1. The maximum absolute atomic E-state index is 13.0. The minimum Gasteiger partial charge on any atom is -0.486 e. The van der Waals surface area contributed by atoms with E-state index in [0.29, 0.717) is 56.6 Å². The molecule has 2 heterocycles. The molecule has 0 aromatic heterocycles. The summed E-state index contributed by atoms with van der Waals surface area (Å²) in [6.45, 7) is 5.15. The van der Waals surface area contributed by atoms with Crippen LogP contribution in [0, 0.1) is 0 Å². The molecule has 30 heavy (non-hydrogen) atoms. The van der Waals surface area contributed by atoms with Crippen molar-refractivity contribution in [1.29, 1.82) is 0 Å². The van der Waals surface area contributed by atoms with Gasteiger partial charge in [-0.25, -0.2) is 0 Å². The predicted octanol–water partition coefficient (Wildman–Crippen LogP) is 3.13. The molecule has 2 aliphatic rings. The van der Waals surface area contributed by atoms with E-state index in [1.54, 1.807) is 12.1 Å². The summed E-state index contributed by atoms with van der Waals surface area (Å²) in [4.78, 5) is 29.3. The lowest BCUT2D eigenvalue weighted by atomic mass is 9.98. The Morgan fingerprint density at radius 2 is 1.57 bits per heavy atom. The summed E-state index contributed by atoms with van der Waals surface area (Å²) in [5.74, 6) is 1.27. The molecule has 0 saturated carbocycles. The lowest BCUT2D eigenvalue weighted by Gasteiger charge is -2.36. The van der Waals surface area contributed by atoms with Gasteiger partial charge in [-0.3, -0.25) is 9.59 Å². The zero-order valence-corrected chi connectivity index (χ0v) is 17.7. The minimum absolute atomic E-state index is 0.0662. The molecule has 1 saturated heterocycles. The second-order valence-corrected chi connectivity index (χ2v) is 8.07. The fraction of sp³-hybridized carbons (Fsp3) is 0.391. The van der Waals surface area contributed by atoms with Gasteiger partial charge in [-0.1, -0.05) is 29.8 Å². The molecule has 4 rings (SSSR count). The molecule has 7 heteroatoms. The maximum atomic E-state index is 13.0. The lowest BCUT2D eigenvalue weighted by Crippen LogP contribution is -2.51. The number of fused-ring (bicyclic) bond motifs is 1. The van der Waals surface area contributed by atoms with Gasteiger partial charge >= 0.3 is 0 Å². The Morgan fingerprint density at radius 3 is 2.27 bits per heavy atom. The number of carbonyl (C=O) groups excluding carboxylic acids is 2. The summed E-state index contributed by atoms with van der Waals surface area (Å²) >= 11 is 5.90. The van der Waals surface area contributed by atoms with E-state index in [2.05, 4.69) is 0 Å². The highest BCUT2D eigenvalue weighted by molar-refractivity contribution is 6.30. The summed E-state index contributed by atoms with van der Waals surface area (Å²) in [7, 11) is 0. The van der Waals surface area contributed by atoms with Crippen LogP contribution in [0.5, 0.6) is 11.5 Å². The third-order valence-corrected chi connectivity index (χ3v) is 5.90. The minimum atomic E-state index is -0.280. The van der Waals surface area contributed by atoms with E-state index >= 15 is 0 Å². The van der Waals surface area contributed by atoms with Crippen LogP contribution in [0.2, 0.25) is 5.02 Å². The molecule has 2 amide bonds. The first kappa shape index (κ1) is 20.5. The van der Waals surface area contributed by atoms with E-state index in [1.165, 1.54) is 0 Å². The Morgan fingerprint density at radius 1 is 0.933 bits per heavy atom. The number of hydrogen-bond donors (Lipinski definition) is 0. The topological polar surface area (TPSA) is 59.1 Å². The van der Waals surface area contributed by atoms with Crippen molar-refractivity contribution < 1.29 is 19.1 Å². The van der Waals surface area contributed by atoms with Gasteiger partial charge in [0, 0.05) is 31.2 Å². The van der Waals surface area contributed by atoms with Gasteiger partial charge in [-0.15, -0.1) is 0 Å². The largest absolute Gasteiger partial charge is 0.486 e. The zero-order valence-electron chi connectivity index (χ0n) is 17.0. The van der Waals surface area contributed by atoms with Crippen LogP contribution in [0.25, 0.3) is 0 Å². The predicted molar refractivity (Wildman–Crippen MR) is 114 cm³/mol. The normalized spacial score (nSPS) is 16.9. The average Bonchev–Trinajstić information content (AvgIpc) is 2.79. The molecule has 2 aliphatic heterocycles. The lowest BCUT2D eigenvalue weighted by molar-refractivity contribution is -0.139. The number of amides is 2. The number of rotatable bonds is 4. The van der Waals surface area contributed by atoms with E-state index in [1.807, 2.05) is 47.1 Å². The van der Waals surface area contributed by atoms with Crippen LogP contribution in [-0.2, 0) is 16.0 Å². The van der Waals surface area contributed by atoms with Crippen molar-refractivity contribution in [2.75, 3.05) is 39.4 Å². The van der Waals surface area contributed by atoms with Crippen molar-refractivity contribution in [3.8, 4) is 11.5 Å². The van der Waals surface area contributed by atoms with Gasteiger partial charge in [0.1, 0.15) is 13.2 Å². The molecule has 0 N–H and O–H groups in total. The third kappa shape index (κ3) is 4.54. The smallest absolute Gasteiger partial charge is 0.229 e. The summed E-state index contributed by atoms with van der Waals surface area (Å²) in [5.41, 5.74) is 1.85. The first-order valence-electron chi connectivity index (χ1n) is 10.2. The molecule has 0 spiro atoms. The second-order valence-electron chi connectivity index (χ2n) is 7.63. The van der Waals surface area contributed by atoms with E-state index in [4.69, 9.17) is 21.1 Å². The van der Waals surface area contributed by atoms with Crippen LogP contribution >= 0.6 is 11.6 Å². The number of halogens is 1. The molecule has 0 aliphatic carbocycles. The molecule has 1 fully saturated rings. The summed E-state index contributed by atoms with van der Waals surface area (Å²) < 4.78 is 11.2. The standard InChI is InChI=1S/C23H25ClN2O4/c1-16(18-4-7-20-21(15-18)30-13-12-29-20)23(28)26-10-8-25(9-11-26)22(27)14-17-2-5-19(24)6-3-17/h2-7,15-16H,8-14H2,1H3. The van der Waals surface area contributed by atoms with Crippen molar-refractivity contribution in [2.24, 2.45) is 0 Å². The van der Waals surface area contributed by atoms with Crippen LogP contribution in [0.1, 0.15) is 24.0 Å². The van der Waals surface area contributed by atoms with Crippen molar-refractivity contribution in [3.63, 3.8) is 0 Å². The first-order valence-corrected chi connectivity index (χ1v) is 10.6. The fourth-order valence-corrected chi connectivity index (χ4v) is 3.94. The average molecular weight is 429 g/mol. The van der Waals surface area contributed by atoms with Crippen molar-refractivity contribution >= 4 is 23.4 Å². The number of piperazine rings is 1. The summed E-state index contributed by atoms with van der Waals surface area (Å²) in [6.07, 6.45) is 0.346. The Hall–Kier alpha value is -2.73. The first-order chi connectivity index (χ1) is 14.5. The highest BCUT2D eigenvalue weighted by Crippen LogP contribution is 2.33. The second kappa shape index (κ2) is 8.96. The van der Waals surface area contributed by atoms with Crippen LogP contribution in [-0.4, -0.2) is 61.0 Å². The Bertz CT molecular complexity index is 923. The van der Waals surface area contributed by atoms with Gasteiger partial charge < -0.3 is 19.3 Å². The number of benzene rings is 2. The molecule has 1 unspecified atom stereocenters.